The second-order valence-corrected chi connectivity index (χ2v) is 4.73. The molecule has 0 fully saturated rings. The lowest BCUT2D eigenvalue weighted by molar-refractivity contribution is 0.402. The van der Waals surface area contributed by atoms with Crippen LogP contribution >= 0.6 is 0 Å². The lowest BCUT2D eigenvalue weighted by atomic mass is 10.1. The maximum atomic E-state index is 11.2. The fourth-order valence-corrected chi connectivity index (χ4v) is 1.94. The third-order valence-electron chi connectivity index (χ3n) is 2.21. The first-order chi connectivity index (χ1) is 7.61. The number of fused-ring (bicyclic) bond motifs is 1. The minimum Gasteiger partial charge on any atom is -0.261 e. The Morgan fingerprint density at radius 3 is 2.44 bits per heavy atom. The second kappa shape index (κ2) is 4.11. The highest BCUT2D eigenvalue weighted by Gasteiger charge is 2.07. The van der Waals surface area contributed by atoms with Crippen LogP contribution in [0, 0.1) is 0 Å². The van der Waals surface area contributed by atoms with Gasteiger partial charge in [0.15, 0.2) is 0 Å². The van der Waals surface area contributed by atoms with E-state index in [-0.39, 0.29) is 0 Å². The monoisotopic (exact) mass is 237 g/mol. The van der Waals surface area contributed by atoms with Gasteiger partial charge in [0.1, 0.15) is 0 Å². The van der Waals surface area contributed by atoms with Crippen LogP contribution in [-0.2, 0) is 14.5 Å². The summed E-state index contributed by atoms with van der Waals surface area (Å²) in [5.74, 6) is 0. The zero-order valence-corrected chi connectivity index (χ0v) is 9.49. The van der Waals surface area contributed by atoms with E-state index in [9.17, 15) is 8.42 Å². The van der Waals surface area contributed by atoms with Gasteiger partial charge in [-0.1, -0.05) is 30.3 Å². The third-order valence-corrected chi connectivity index (χ3v) is 3.14. The van der Waals surface area contributed by atoms with Crippen LogP contribution in [0.2, 0.25) is 0 Å². The van der Waals surface area contributed by atoms with Crippen LogP contribution in [0.15, 0.2) is 42.5 Å². The topological polar surface area (TPSA) is 55.4 Å². The molecule has 0 saturated heterocycles. The van der Waals surface area contributed by atoms with Gasteiger partial charge in [-0.2, -0.15) is 8.42 Å². The fourth-order valence-electron chi connectivity index (χ4n) is 1.44. The van der Waals surface area contributed by atoms with Crippen molar-refractivity contribution in [2.45, 2.75) is 0 Å². The zero-order chi connectivity index (χ0) is 11.6. The normalized spacial score (nSPS) is 11.6. The molecule has 0 atom stereocenters. The predicted molar refractivity (Wildman–Crippen MR) is 63.5 cm³/mol. The van der Waals surface area contributed by atoms with Gasteiger partial charge in [-0.05, 0) is 22.9 Å². The van der Waals surface area contributed by atoms with E-state index in [1.807, 2.05) is 30.3 Å². The first kappa shape index (κ1) is 10.9. The minimum absolute atomic E-state index is 0.487. The van der Waals surface area contributed by atoms with E-state index in [2.05, 4.69) is 8.91 Å². The molecule has 0 bridgehead atoms. The summed E-state index contributed by atoms with van der Waals surface area (Å²) in [5.41, 5.74) is 0.487. The summed E-state index contributed by atoms with van der Waals surface area (Å²) in [4.78, 5) is 0. The van der Waals surface area contributed by atoms with Crippen LogP contribution in [-0.4, -0.2) is 15.5 Å². The van der Waals surface area contributed by atoms with Crippen molar-refractivity contribution in [3.8, 4) is 0 Å². The highest BCUT2D eigenvalue weighted by atomic mass is 32.2. The molecule has 0 aromatic heterocycles. The molecule has 84 valence electrons. The molecular formula is C11H11NO3S. The van der Waals surface area contributed by atoms with E-state index in [0.29, 0.717) is 5.69 Å². The molecule has 2 aromatic rings. The molecule has 2 aromatic carbocycles. The molecule has 1 N–H and O–H groups in total. The largest absolute Gasteiger partial charge is 0.359 e. The molecule has 0 aliphatic rings. The summed E-state index contributed by atoms with van der Waals surface area (Å²) in [7, 11) is -2.58. The van der Waals surface area contributed by atoms with Gasteiger partial charge >= 0.3 is 10.3 Å². The Morgan fingerprint density at radius 1 is 1.06 bits per heavy atom. The maximum Gasteiger partial charge on any atom is 0.359 e. The molecule has 0 aliphatic carbocycles. The number of hydrogen-bond donors (Lipinski definition) is 1. The van der Waals surface area contributed by atoms with Gasteiger partial charge < -0.3 is 0 Å². The van der Waals surface area contributed by atoms with Crippen molar-refractivity contribution < 1.29 is 12.6 Å². The van der Waals surface area contributed by atoms with Crippen LogP contribution in [0.1, 0.15) is 0 Å². The fraction of sp³-hybridized carbons (Fsp3) is 0.0909. The molecule has 2 rings (SSSR count). The van der Waals surface area contributed by atoms with Crippen molar-refractivity contribution in [3.63, 3.8) is 0 Å². The lowest BCUT2D eigenvalue weighted by Crippen LogP contribution is -2.13. The summed E-state index contributed by atoms with van der Waals surface area (Å²) in [6.45, 7) is 0. The van der Waals surface area contributed by atoms with Gasteiger partial charge in [0.25, 0.3) is 0 Å². The van der Waals surface area contributed by atoms with Crippen LogP contribution in [0.4, 0.5) is 5.69 Å². The summed E-state index contributed by atoms with van der Waals surface area (Å²) in [5, 5.41) is 2.03. The van der Waals surface area contributed by atoms with Crippen LogP contribution in [0.25, 0.3) is 10.8 Å². The van der Waals surface area contributed by atoms with Gasteiger partial charge in [-0.3, -0.25) is 8.91 Å². The Bertz CT molecular complexity index is 607. The molecule has 16 heavy (non-hydrogen) atoms. The predicted octanol–water partition coefficient (Wildman–Crippen LogP) is 2.14. The first-order valence-corrected chi connectivity index (χ1v) is 6.09. The number of benzene rings is 2. The number of hydrogen-bond acceptors (Lipinski definition) is 3. The molecule has 0 heterocycles. The summed E-state index contributed by atoms with van der Waals surface area (Å²) >= 11 is 0. The molecule has 0 radical (unpaired) electrons. The molecule has 4 nitrogen and oxygen atoms in total. The average molecular weight is 237 g/mol. The van der Waals surface area contributed by atoms with Crippen molar-refractivity contribution in [3.05, 3.63) is 42.5 Å². The minimum atomic E-state index is -3.69. The zero-order valence-electron chi connectivity index (χ0n) is 8.67. The van der Waals surface area contributed by atoms with Crippen molar-refractivity contribution in [1.82, 2.24) is 0 Å². The summed E-state index contributed by atoms with van der Waals surface area (Å²) in [6.07, 6.45) is 0. The molecule has 0 saturated carbocycles. The third kappa shape index (κ3) is 2.32. The van der Waals surface area contributed by atoms with E-state index >= 15 is 0 Å². The van der Waals surface area contributed by atoms with Gasteiger partial charge in [0.05, 0.1) is 12.8 Å². The molecule has 0 amide bonds. The molecule has 0 aliphatic heterocycles. The smallest absolute Gasteiger partial charge is 0.261 e. The van der Waals surface area contributed by atoms with Crippen LogP contribution < -0.4 is 4.72 Å². The van der Waals surface area contributed by atoms with Gasteiger partial charge in [0, 0.05) is 0 Å². The van der Waals surface area contributed by atoms with Crippen molar-refractivity contribution in [2.24, 2.45) is 0 Å². The van der Waals surface area contributed by atoms with Crippen LogP contribution in [0.3, 0.4) is 0 Å². The van der Waals surface area contributed by atoms with Crippen molar-refractivity contribution >= 4 is 26.8 Å². The van der Waals surface area contributed by atoms with Crippen molar-refractivity contribution in [2.75, 3.05) is 11.8 Å². The Balaban J connectivity index is 2.40. The average Bonchev–Trinajstić information content (AvgIpc) is 2.28. The highest BCUT2D eigenvalue weighted by molar-refractivity contribution is 7.88. The standard InChI is InChI=1S/C11H11NO3S/c1-15-16(13,14)12-11-7-6-9-4-2-3-5-10(9)8-11/h2-8,12H,1H3. The van der Waals surface area contributed by atoms with E-state index < -0.39 is 10.3 Å². The van der Waals surface area contributed by atoms with Gasteiger partial charge in [0.2, 0.25) is 0 Å². The Hall–Kier alpha value is -1.59. The number of anilines is 1. The SMILES string of the molecule is COS(=O)(=O)Nc1ccc2ccccc2c1. The quantitative estimate of drug-likeness (QED) is 0.889. The maximum absolute atomic E-state index is 11.2. The van der Waals surface area contributed by atoms with Gasteiger partial charge in [-0.15, -0.1) is 0 Å². The number of nitrogens with one attached hydrogen (secondary N) is 1. The molecule has 0 unspecified atom stereocenters. The van der Waals surface area contributed by atoms with Crippen LogP contribution in [0.5, 0.6) is 0 Å². The first-order valence-electron chi connectivity index (χ1n) is 4.68. The molecular weight excluding hydrogens is 226 g/mol. The van der Waals surface area contributed by atoms with E-state index in [1.54, 1.807) is 12.1 Å². The van der Waals surface area contributed by atoms with E-state index in [0.717, 1.165) is 17.9 Å². The second-order valence-electron chi connectivity index (χ2n) is 3.28. The molecule has 0 spiro atoms. The van der Waals surface area contributed by atoms with E-state index in [1.165, 1.54) is 0 Å². The summed E-state index contributed by atoms with van der Waals surface area (Å²) < 4.78 is 29.0. The van der Waals surface area contributed by atoms with Gasteiger partial charge in [-0.25, -0.2) is 0 Å². The highest BCUT2D eigenvalue weighted by Crippen LogP contribution is 2.19. The Labute approximate surface area is 94.1 Å². The van der Waals surface area contributed by atoms with E-state index in [4.69, 9.17) is 0 Å². The Morgan fingerprint density at radius 2 is 1.75 bits per heavy atom. The molecule has 5 heteroatoms. The summed E-state index contributed by atoms with van der Waals surface area (Å²) in [6, 6.07) is 13.0. The lowest BCUT2D eigenvalue weighted by Gasteiger charge is -2.06. The van der Waals surface area contributed by atoms with Crippen molar-refractivity contribution in [1.29, 1.82) is 0 Å². The number of rotatable bonds is 3. The Kier molecular flexibility index (Phi) is 2.80.